The fraction of sp³-hybridized carbons (Fsp3) is 0. The number of para-hydroxylation sites is 2. The third-order valence-corrected chi connectivity index (χ3v) is 9.85. The molecule has 0 radical (unpaired) electrons. The van der Waals surface area contributed by atoms with Crippen LogP contribution in [-0.2, 0) is 0 Å². The van der Waals surface area contributed by atoms with Gasteiger partial charge in [0.15, 0.2) is 17.5 Å². The molecular weight excluding hydrogens is 629 g/mol. The first-order chi connectivity index (χ1) is 25.3. The van der Waals surface area contributed by atoms with Crippen molar-refractivity contribution in [2.24, 2.45) is 0 Å². The van der Waals surface area contributed by atoms with Crippen molar-refractivity contribution in [1.29, 1.82) is 0 Å². The lowest BCUT2D eigenvalue weighted by Crippen LogP contribution is -2.00. The van der Waals surface area contributed by atoms with E-state index in [1.54, 1.807) is 0 Å². The van der Waals surface area contributed by atoms with Gasteiger partial charge in [0.05, 0.1) is 16.4 Å². The van der Waals surface area contributed by atoms with Gasteiger partial charge in [-0.25, -0.2) is 15.0 Å². The first-order valence-electron chi connectivity index (χ1n) is 16.9. The summed E-state index contributed by atoms with van der Waals surface area (Å²) in [5.41, 5.74) is 9.32. The molecule has 7 aromatic carbocycles. The Labute approximate surface area is 290 Å². The van der Waals surface area contributed by atoms with Crippen LogP contribution in [0.5, 0.6) is 0 Å². The van der Waals surface area contributed by atoms with Gasteiger partial charge in [-0.3, -0.25) is 0 Å². The number of furan rings is 2. The minimum atomic E-state index is 0.601. The van der Waals surface area contributed by atoms with E-state index in [4.69, 9.17) is 23.8 Å². The average molecular weight is 655 g/mol. The summed E-state index contributed by atoms with van der Waals surface area (Å²) < 4.78 is 15.4. The molecular formula is C45H26N4O2. The number of aromatic nitrogens is 4. The van der Waals surface area contributed by atoms with Crippen molar-refractivity contribution in [1.82, 2.24) is 19.5 Å². The van der Waals surface area contributed by atoms with E-state index in [1.807, 2.05) is 78.9 Å². The summed E-state index contributed by atoms with van der Waals surface area (Å²) in [7, 11) is 0. The Hall–Kier alpha value is -7.05. The molecule has 0 saturated carbocycles. The number of fused-ring (bicyclic) bond motifs is 10. The molecule has 6 nitrogen and oxygen atoms in total. The molecule has 11 rings (SSSR count). The van der Waals surface area contributed by atoms with Crippen molar-refractivity contribution >= 4 is 65.7 Å². The topological polar surface area (TPSA) is 69.9 Å². The predicted octanol–water partition coefficient (Wildman–Crippen LogP) is 11.8. The van der Waals surface area contributed by atoms with Gasteiger partial charge in [0, 0.05) is 49.3 Å². The second kappa shape index (κ2) is 10.7. The summed E-state index contributed by atoms with van der Waals surface area (Å²) in [5, 5.41) is 6.41. The van der Waals surface area contributed by atoms with Crippen LogP contribution in [0.4, 0.5) is 0 Å². The van der Waals surface area contributed by atoms with Crippen molar-refractivity contribution in [3.05, 3.63) is 158 Å². The Bertz CT molecular complexity index is 3030. The minimum absolute atomic E-state index is 0.601. The summed E-state index contributed by atoms with van der Waals surface area (Å²) in [5.74, 6) is 1.86. The highest BCUT2D eigenvalue weighted by Gasteiger charge is 2.20. The Balaban J connectivity index is 1.11. The third kappa shape index (κ3) is 4.26. The summed E-state index contributed by atoms with van der Waals surface area (Å²) in [6, 6.07) is 53.9. The van der Waals surface area contributed by atoms with Crippen LogP contribution in [0.25, 0.3) is 106 Å². The monoisotopic (exact) mass is 654 g/mol. The first kappa shape index (κ1) is 27.9. The van der Waals surface area contributed by atoms with Crippen molar-refractivity contribution in [3.63, 3.8) is 0 Å². The molecule has 0 amide bonds. The van der Waals surface area contributed by atoms with Gasteiger partial charge in [-0.1, -0.05) is 97.1 Å². The molecule has 51 heavy (non-hydrogen) atoms. The second-order valence-electron chi connectivity index (χ2n) is 12.8. The Kier molecular flexibility index (Phi) is 5.86. The fourth-order valence-corrected chi connectivity index (χ4v) is 7.50. The molecule has 0 saturated heterocycles. The molecule has 0 aliphatic rings. The van der Waals surface area contributed by atoms with Crippen molar-refractivity contribution < 1.29 is 8.83 Å². The zero-order chi connectivity index (χ0) is 33.5. The van der Waals surface area contributed by atoms with Crippen LogP contribution in [0, 0.1) is 0 Å². The van der Waals surface area contributed by atoms with Crippen LogP contribution < -0.4 is 0 Å². The summed E-state index contributed by atoms with van der Waals surface area (Å²) in [6.45, 7) is 0. The molecule has 0 aliphatic carbocycles. The van der Waals surface area contributed by atoms with Crippen LogP contribution in [-0.4, -0.2) is 19.5 Å². The lowest BCUT2D eigenvalue weighted by molar-refractivity contribution is 0.663. The SMILES string of the molecule is c1ccc(-c2nc(-c3ccccc3)nc(-c3ccc4oc5c(ccc6oc7ccc(-n8c9ccccc9c9ccccc98)cc7c65)c4c3)n2)cc1. The lowest BCUT2D eigenvalue weighted by Gasteiger charge is -2.08. The molecule has 0 N–H and O–H groups in total. The smallest absolute Gasteiger partial charge is 0.164 e. The highest BCUT2D eigenvalue weighted by Crippen LogP contribution is 2.41. The Morgan fingerprint density at radius 3 is 1.59 bits per heavy atom. The molecule has 11 aromatic rings. The average Bonchev–Trinajstić information content (AvgIpc) is 3.87. The van der Waals surface area contributed by atoms with Gasteiger partial charge in [0.1, 0.15) is 22.3 Å². The zero-order valence-corrected chi connectivity index (χ0v) is 27.1. The quantitative estimate of drug-likeness (QED) is 0.189. The van der Waals surface area contributed by atoms with E-state index in [0.717, 1.165) is 77.3 Å². The summed E-state index contributed by atoms with van der Waals surface area (Å²) >= 11 is 0. The van der Waals surface area contributed by atoms with Gasteiger partial charge in [0.2, 0.25) is 0 Å². The van der Waals surface area contributed by atoms with E-state index in [9.17, 15) is 0 Å². The lowest BCUT2D eigenvalue weighted by atomic mass is 10.1. The Morgan fingerprint density at radius 1 is 0.373 bits per heavy atom. The van der Waals surface area contributed by atoms with Gasteiger partial charge in [-0.15, -0.1) is 0 Å². The molecule has 6 heteroatoms. The van der Waals surface area contributed by atoms with Gasteiger partial charge in [-0.05, 0) is 60.7 Å². The molecule has 0 aliphatic heterocycles. The predicted molar refractivity (Wildman–Crippen MR) is 205 cm³/mol. The number of rotatable bonds is 4. The maximum absolute atomic E-state index is 6.66. The van der Waals surface area contributed by atoms with E-state index in [1.165, 1.54) is 10.8 Å². The number of hydrogen-bond donors (Lipinski definition) is 0. The van der Waals surface area contributed by atoms with Gasteiger partial charge < -0.3 is 13.4 Å². The molecule has 4 heterocycles. The van der Waals surface area contributed by atoms with Gasteiger partial charge in [0.25, 0.3) is 0 Å². The summed E-state index contributed by atoms with van der Waals surface area (Å²) in [4.78, 5) is 14.8. The molecule has 4 aromatic heterocycles. The molecule has 0 unspecified atom stereocenters. The largest absolute Gasteiger partial charge is 0.456 e. The maximum atomic E-state index is 6.66. The van der Waals surface area contributed by atoms with Crippen LogP contribution in [0.15, 0.2) is 167 Å². The maximum Gasteiger partial charge on any atom is 0.164 e. The van der Waals surface area contributed by atoms with E-state index < -0.39 is 0 Å². The van der Waals surface area contributed by atoms with Crippen molar-refractivity contribution in [2.45, 2.75) is 0 Å². The van der Waals surface area contributed by atoms with Gasteiger partial charge in [-0.2, -0.15) is 0 Å². The van der Waals surface area contributed by atoms with Crippen LogP contribution in [0.3, 0.4) is 0 Å². The normalized spacial score (nSPS) is 11.9. The standard InChI is InChI=1S/C45H26N4O2/c1-3-11-27(12-4-1)43-46-44(28-13-5-2-6-14-28)48-45(47-43)29-19-22-38-34(25-29)33-21-24-40-41(42(33)51-38)35-26-30(20-23-39(35)50-40)49-36-17-9-7-15-31(36)32-16-8-10-18-37(32)49/h1-26H. The molecule has 0 bridgehead atoms. The zero-order valence-electron chi connectivity index (χ0n) is 27.1. The number of nitrogens with zero attached hydrogens (tertiary/aromatic N) is 4. The fourth-order valence-electron chi connectivity index (χ4n) is 7.50. The molecule has 0 fully saturated rings. The molecule has 238 valence electrons. The Morgan fingerprint density at radius 2 is 0.922 bits per heavy atom. The highest BCUT2D eigenvalue weighted by molar-refractivity contribution is 6.22. The van der Waals surface area contributed by atoms with E-state index in [-0.39, 0.29) is 0 Å². The third-order valence-electron chi connectivity index (χ3n) is 9.85. The van der Waals surface area contributed by atoms with E-state index in [0.29, 0.717) is 17.5 Å². The van der Waals surface area contributed by atoms with Crippen LogP contribution >= 0.6 is 0 Å². The van der Waals surface area contributed by atoms with Crippen LogP contribution in [0.1, 0.15) is 0 Å². The van der Waals surface area contributed by atoms with E-state index in [2.05, 4.69) is 83.4 Å². The number of benzene rings is 7. The number of hydrogen-bond acceptors (Lipinski definition) is 5. The summed E-state index contributed by atoms with van der Waals surface area (Å²) in [6.07, 6.45) is 0. The van der Waals surface area contributed by atoms with Crippen LogP contribution in [0.2, 0.25) is 0 Å². The van der Waals surface area contributed by atoms with Crippen molar-refractivity contribution in [3.8, 4) is 39.9 Å². The second-order valence-corrected chi connectivity index (χ2v) is 12.8. The minimum Gasteiger partial charge on any atom is -0.456 e. The van der Waals surface area contributed by atoms with Gasteiger partial charge >= 0.3 is 0 Å². The molecule has 0 atom stereocenters. The first-order valence-corrected chi connectivity index (χ1v) is 16.9. The highest BCUT2D eigenvalue weighted by atomic mass is 16.3. The molecule has 0 spiro atoms. The van der Waals surface area contributed by atoms with Crippen molar-refractivity contribution in [2.75, 3.05) is 0 Å². The van der Waals surface area contributed by atoms with E-state index >= 15 is 0 Å².